The first kappa shape index (κ1) is 17.7. The summed E-state index contributed by atoms with van der Waals surface area (Å²) < 4.78 is 5.51. The van der Waals surface area contributed by atoms with E-state index >= 15 is 0 Å². The summed E-state index contributed by atoms with van der Waals surface area (Å²) in [7, 11) is 3.19. The lowest BCUT2D eigenvalue weighted by molar-refractivity contribution is -0.467. The zero-order valence-electron chi connectivity index (χ0n) is 15.1. The molecule has 2 aliphatic rings. The van der Waals surface area contributed by atoms with Gasteiger partial charge in [0, 0.05) is 48.1 Å². The normalized spacial score (nSPS) is 18.7. The zero-order valence-corrected chi connectivity index (χ0v) is 15.1. The summed E-state index contributed by atoms with van der Waals surface area (Å²) in [6, 6.07) is 4.87. The molecule has 0 radical (unpaired) electrons. The van der Waals surface area contributed by atoms with E-state index in [1.807, 2.05) is 31.4 Å². The fourth-order valence-electron chi connectivity index (χ4n) is 3.12. The van der Waals surface area contributed by atoms with Gasteiger partial charge in [-0.1, -0.05) is 12.2 Å². The Kier molecular flexibility index (Phi) is 5.02. The molecule has 1 unspecified atom stereocenters. The van der Waals surface area contributed by atoms with Gasteiger partial charge < -0.3 is 15.0 Å². The van der Waals surface area contributed by atoms with Crippen molar-refractivity contribution in [1.82, 2.24) is 10.2 Å². The van der Waals surface area contributed by atoms with Gasteiger partial charge in [0.05, 0.1) is 7.11 Å². The van der Waals surface area contributed by atoms with Crippen LogP contribution in [0, 0.1) is 0 Å². The summed E-state index contributed by atoms with van der Waals surface area (Å²) in [5.41, 5.74) is 3.05. The van der Waals surface area contributed by atoms with Gasteiger partial charge in [0.2, 0.25) is 0 Å². The van der Waals surface area contributed by atoms with Crippen LogP contribution in [-0.4, -0.2) is 49.7 Å². The van der Waals surface area contributed by atoms with Gasteiger partial charge in [0.15, 0.2) is 6.21 Å². The Labute approximate surface area is 152 Å². The van der Waals surface area contributed by atoms with E-state index in [9.17, 15) is 9.59 Å². The molecule has 0 aliphatic carbocycles. The van der Waals surface area contributed by atoms with Crippen molar-refractivity contribution in [2.24, 2.45) is 0 Å². The van der Waals surface area contributed by atoms with Crippen molar-refractivity contribution in [3.8, 4) is 5.75 Å². The van der Waals surface area contributed by atoms with Gasteiger partial charge in [-0.25, -0.2) is 4.99 Å². The number of methoxy groups -OCH3 is 1. The second kappa shape index (κ2) is 7.39. The van der Waals surface area contributed by atoms with E-state index in [-0.39, 0.29) is 11.8 Å². The van der Waals surface area contributed by atoms with Crippen LogP contribution in [0.4, 0.5) is 0 Å². The molecule has 0 saturated carbocycles. The predicted octanol–water partition coefficient (Wildman–Crippen LogP) is 0.274. The van der Waals surface area contributed by atoms with E-state index in [0.717, 1.165) is 16.7 Å². The number of allylic oxidation sites excluding steroid dienone is 2. The van der Waals surface area contributed by atoms with E-state index in [0.29, 0.717) is 17.9 Å². The minimum absolute atomic E-state index is 0.00623. The molecule has 6 heteroatoms. The third-order valence-electron chi connectivity index (χ3n) is 4.48. The molecule has 1 aromatic rings. The molecular formula is C20H22N3O3+. The van der Waals surface area contributed by atoms with Crippen LogP contribution >= 0.6 is 0 Å². The average Bonchev–Trinajstić information content (AvgIpc) is 3.16. The lowest BCUT2D eigenvalue weighted by Crippen LogP contribution is -2.79. The molecule has 26 heavy (non-hydrogen) atoms. The molecule has 1 atom stereocenters. The third-order valence-corrected chi connectivity index (χ3v) is 4.48. The Morgan fingerprint density at radius 1 is 1.42 bits per heavy atom. The van der Waals surface area contributed by atoms with Crippen molar-refractivity contribution in [2.45, 2.75) is 13.0 Å². The SMILES string of the molecule is C/C=C/CN1C=C(c2cc(C(=O)NC)ccc2OC)C2=CC=[NH+]C2C1=O. The van der Waals surface area contributed by atoms with Gasteiger partial charge in [-0.3, -0.25) is 9.59 Å². The maximum absolute atomic E-state index is 12.7. The summed E-state index contributed by atoms with van der Waals surface area (Å²) in [4.78, 5) is 29.5. The van der Waals surface area contributed by atoms with E-state index in [1.165, 1.54) is 0 Å². The van der Waals surface area contributed by atoms with Crippen LogP contribution in [0.15, 0.2) is 48.2 Å². The van der Waals surface area contributed by atoms with Crippen molar-refractivity contribution in [2.75, 3.05) is 20.7 Å². The second-order valence-electron chi connectivity index (χ2n) is 5.98. The predicted molar refractivity (Wildman–Crippen MR) is 99.8 cm³/mol. The highest BCUT2D eigenvalue weighted by atomic mass is 16.5. The minimum atomic E-state index is -0.423. The Morgan fingerprint density at radius 2 is 2.23 bits per heavy atom. The number of hydrogen-bond donors (Lipinski definition) is 2. The average molecular weight is 352 g/mol. The van der Waals surface area contributed by atoms with Gasteiger partial charge in [-0.15, -0.1) is 0 Å². The molecule has 2 amide bonds. The number of benzene rings is 1. The molecule has 0 fully saturated rings. The number of carbonyl (C=O) groups is 2. The van der Waals surface area contributed by atoms with Crippen molar-refractivity contribution in [3.63, 3.8) is 0 Å². The summed E-state index contributed by atoms with van der Waals surface area (Å²) in [5, 5.41) is 2.63. The summed E-state index contributed by atoms with van der Waals surface area (Å²) in [6.45, 7) is 2.41. The number of fused-ring (bicyclic) bond motifs is 1. The number of carbonyl (C=O) groups excluding carboxylic acids is 2. The van der Waals surface area contributed by atoms with Crippen LogP contribution in [0.2, 0.25) is 0 Å². The fraction of sp³-hybridized carbons (Fsp3) is 0.250. The molecule has 3 rings (SSSR count). The monoisotopic (exact) mass is 352 g/mol. The lowest BCUT2D eigenvalue weighted by Gasteiger charge is -2.27. The molecule has 0 bridgehead atoms. The first-order valence-corrected chi connectivity index (χ1v) is 8.44. The van der Waals surface area contributed by atoms with Gasteiger partial charge in [0.25, 0.3) is 17.9 Å². The summed E-state index contributed by atoms with van der Waals surface area (Å²) in [6.07, 6.45) is 9.34. The van der Waals surface area contributed by atoms with Gasteiger partial charge in [-0.2, -0.15) is 0 Å². The highest BCUT2D eigenvalue weighted by molar-refractivity contribution is 6.03. The number of ether oxygens (including phenoxy) is 1. The maximum Gasteiger partial charge on any atom is 0.300 e. The molecule has 1 aromatic carbocycles. The highest BCUT2D eigenvalue weighted by Crippen LogP contribution is 2.36. The number of rotatable bonds is 5. The Hall–Kier alpha value is -3.15. The smallest absolute Gasteiger partial charge is 0.300 e. The quantitative estimate of drug-likeness (QED) is 0.748. The topological polar surface area (TPSA) is 72.6 Å². The van der Waals surface area contributed by atoms with Crippen molar-refractivity contribution < 1.29 is 19.3 Å². The van der Waals surface area contributed by atoms with E-state index in [4.69, 9.17) is 4.74 Å². The molecule has 134 valence electrons. The fourth-order valence-corrected chi connectivity index (χ4v) is 3.12. The number of nitrogens with zero attached hydrogens (tertiary/aromatic N) is 1. The Bertz CT molecular complexity index is 865. The van der Waals surface area contributed by atoms with E-state index < -0.39 is 6.04 Å². The van der Waals surface area contributed by atoms with Gasteiger partial charge in [-0.05, 0) is 25.1 Å². The van der Waals surface area contributed by atoms with E-state index in [1.54, 1.807) is 43.5 Å². The Morgan fingerprint density at radius 3 is 2.92 bits per heavy atom. The summed E-state index contributed by atoms with van der Waals surface area (Å²) in [5.74, 6) is 0.470. The molecule has 2 heterocycles. The second-order valence-corrected chi connectivity index (χ2v) is 5.98. The molecular weight excluding hydrogens is 330 g/mol. The number of amides is 2. The molecule has 6 nitrogen and oxygen atoms in total. The number of nitrogens with one attached hydrogen (secondary N) is 2. The van der Waals surface area contributed by atoms with Crippen LogP contribution in [0.25, 0.3) is 5.57 Å². The molecule has 0 aromatic heterocycles. The van der Waals surface area contributed by atoms with Crippen LogP contribution in [0.3, 0.4) is 0 Å². The molecule has 0 spiro atoms. The maximum atomic E-state index is 12.7. The molecule has 2 N–H and O–H groups in total. The van der Waals surface area contributed by atoms with Gasteiger partial charge >= 0.3 is 0 Å². The molecule has 0 saturated heterocycles. The zero-order chi connectivity index (χ0) is 18.7. The van der Waals surface area contributed by atoms with Crippen molar-refractivity contribution in [1.29, 1.82) is 0 Å². The standard InChI is InChI=1S/C20H21N3O3/c1-4-5-10-23-12-16(14-8-9-22-18(14)20(23)25)15-11-13(19(24)21-2)6-7-17(15)26-3/h4-9,11-12,18H,10H2,1-3H3,(H,21,24)/p+1/b5-4+. The van der Waals surface area contributed by atoms with Crippen LogP contribution in [0.1, 0.15) is 22.8 Å². The first-order chi connectivity index (χ1) is 12.6. The van der Waals surface area contributed by atoms with Crippen LogP contribution < -0.4 is 15.0 Å². The van der Waals surface area contributed by atoms with Crippen molar-refractivity contribution >= 4 is 23.6 Å². The van der Waals surface area contributed by atoms with Gasteiger partial charge in [0.1, 0.15) is 5.75 Å². The van der Waals surface area contributed by atoms with Crippen LogP contribution in [-0.2, 0) is 4.79 Å². The van der Waals surface area contributed by atoms with E-state index in [2.05, 4.69) is 10.3 Å². The number of hydrogen-bond acceptors (Lipinski definition) is 3. The Balaban J connectivity index is 2.13. The van der Waals surface area contributed by atoms with Crippen molar-refractivity contribution in [3.05, 3.63) is 59.3 Å². The van der Waals surface area contributed by atoms with Crippen LogP contribution in [0.5, 0.6) is 5.75 Å². The minimum Gasteiger partial charge on any atom is -0.496 e. The first-order valence-electron chi connectivity index (χ1n) is 8.44. The lowest BCUT2D eigenvalue weighted by atomic mass is 9.89. The largest absolute Gasteiger partial charge is 0.496 e. The molecule has 2 aliphatic heterocycles. The third kappa shape index (κ3) is 3.06. The summed E-state index contributed by atoms with van der Waals surface area (Å²) >= 11 is 0. The highest BCUT2D eigenvalue weighted by Gasteiger charge is 2.40.